The Morgan fingerprint density at radius 2 is 1.81 bits per heavy atom. The summed E-state index contributed by atoms with van der Waals surface area (Å²) in [4.78, 5) is 9.87. The van der Waals surface area contributed by atoms with E-state index in [1.54, 1.807) is 0 Å². The quantitative estimate of drug-likeness (QED) is 0.343. The number of likely N-dealkylation sites (tertiary alicyclic amines) is 1. The fourth-order valence-electron chi connectivity index (χ4n) is 2.43. The highest BCUT2D eigenvalue weighted by Crippen LogP contribution is 2.18. The zero-order valence-corrected chi connectivity index (χ0v) is 13.6. The molecule has 0 N–H and O–H groups in total. The molecule has 0 bridgehead atoms. The van der Waals surface area contributed by atoms with Gasteiger partial charge in [0.1, 0.15) is 0 Å². The van der Waals surface area contributed by atoms with Crippen molar-refractivity contribution in [3.8, 4) is 0 Å². The van der Waals surface area contributed by atoms with Crippen molar-refractivity contribution in [2.45, 2.75) is 33.1 Å². The van der Waals surface area contributed by atoms with Crippen LogP contribution in [0.5, 0.6) is 0 Å². The van der Waals surface area contributed by atoms with E-state index in [0.717, 1.165) is 0 Å². The maximum atomic E-state index is 9.87. The van der Waals surface area contributed by atoms with Crippen molar-refractivity contribution < 1.29 is 23.9 Å². The second kappa shape index (κ2) is 12.8. The Labute approximate surface area is 129 Å². The first-order valence-electron chi connectivity index (χ1n) is 7.91. The molecule has 1 aliphatic rings. The van der Waals surface area contributed by atoms with Gasteiger partial charge in [-0.3, -0.25) is 0 Å². The molecule has 5 heteroatoms. The number of quaternary nitrogens is 1. The summed E-state index contributed by atoms with van der Waals surface area (Å²) < 4.78 is 11.1. The van der Waals surface area contributed by atoms with Crippen LogP contribution in [-0.2, 0) is 14.3 Å². The first-order valence-corrected chi connectivity index (χ1v) is 7.91. The summed E-state index contributed by atoms with van der Waals surface area (Å²) in [5.74, 6) is -1.08. The molecule has 0 saturated carbocycles. The number of carbonyl (C=O) groups excluding carboxylic acids is 1. The summed E-state index contributed by atoms with van der Waals surface area (Å²) in [5.41, 5.74) is 0. The Hall–Kier alpha value is -0.910. The van der Waals surface area contributed by atoms with E-state index in [-0.39, 0.29) is 13.0 Å². The normalized spacial score (nSPS) is 16.1. The Kier molecular flexibility index (Phi) is 12.2. The highest BCUT2D eigenvalue weighted by molar-refractivity contribution is 5.64. The number of nitrogens with zero attached hydrogens (tertiary/aromatic N) is 1. The van der Waals surface area contributed by atoms with Gasteiger partial charge in [0.05, 0.1) is 46.0 Å². The van der Waals surface area contributed by atoms with E-state index in [1.807, 2.05) is 6.92 Å². The zero-order valence-electron chi connectivity index (χ0n) is 13.6. The van der Waals surface area contributed by atoms with Crippen LogP contribution in [0.15, 0.2) is 12.7 Å². The van der Waals surface area contributed by atoms with E-state index >= 15 is 0 Å². The SMILES string of the molecule is C=CC[N+]1(CC)CCCC1.CCOCCOCCC(=O)[O-]. The Balaban J connectivity index is 0.000000382. The van der Waals surface area contributed by atoms with Crippen molar-refractivity contribution in [2.24, 2.45) is 0 Å². The van der Waals surface area contributed by atoms with Crippen molar-refractivity contribution in [1.82, 2.24) is 0 Å². The van der Waals surface area contributed by atoms with Crippen LogP contribution in [0.2, 0.25) is 0 Å². The average molecular weight is 301 g/mol. The van der Waals surface area contributed by atoms with Crippen LogP contribution >= 0.6 is 0 Å². The predicted octanol–water partition coefficient (Wildman–Crippen LogP) is 0.982. The standard InChI is InChI=1S/C9H18N.C7H14O4/c1-3-7-10(4-2)8-5-6-9-10;1-2-10-5-6-11-4-3-7(8)9/h3H,1,4-9H2,2H3;2-6H2,1H3,(H,8,9)/q+1;/p-1. The molecule has 0 aromatic rings. The smallest absolute Gasteiger partial charge is 0.0971 e. The molecule has 0 spiro atoms. The van der Waals surface area contributed by atoms with Gasteiger partial charge in [-0.15, -0.1) is 0 Å². The summed E-state index contributed by atoms with van der Waals surface area (Å²) in [6.07, 6.45) is 4.85. The van der Waals surface area contributed by atoms with Gasteiger partial charge in [0.15, 0.2) is 0 Å². The molecule has 21 heavy (non-hydrogen) atoms. The fraction of sp³-hybridized carbons (Fsp3) is 0.812. The lowest BCUT2D eigenvalue weighted by Crippen LogP contribution is -2.44. The van der Waals surface area contributed by atoms with Crippen molar-refractivity contribution in [3.63, 3.8) is 0 Å². The second-order valence-electron chi connectivity index (χ2n) is 5.21. The Morgan fingerprint density at radius 1 is 1.19 bits per heavy atom. The van der Waals surface area contributed by atoms with Gasteiger partial charge in [0.2, 0.25) is 0 Å². The third-order valence-corrected chi connectivity index (χ3v) is 3.73. The molecular weight excluding hydrogens is 270 g/mol. The molecule has 5 nitrogen and oxygen atoms in total. The molecule has 1 rings (SSSR count). The molecular formula is C16H31NO4. The summed E-state index contributed by atoms with van der Waals surface area (Å²) in [6, 6.07) is 0. The molecule has 1 aliphatic heterocycles. The summed E-state index contributed by atoms with van der Waals surface area (Å²) in [7, 11) is 0. The van der Waals surface area contributed by atoms with Gasteiger partial charge < -0.3 is 23.9 Å². The van der Waals surface area contributed by atoms with Gasteiger partial charge in [-0.2, -0.15) is 0 Å². The van der Waals surface area contributed by atoms with Gasteiger partial charge in [0, 0.05) is 31.8 Å². The van der Waals surface area contributed by atoms with E-state index in [0.29, 0.717) is 19.8 Å². The number of carboxylic acid groups (broad SMARTS) is 1. The van der Waals surface area contributed by atoms with Crippen LogP contribution in [-0.4, -0.2) is 63.1 Å². The lowest BCUT2D eigenvalue weighted by Gasteiger charge is -2.31. The molecule has 0 aromatic carbocycles. The Morgan fingerprint density at radius 3 is 2.29 bits per heavy atom. The van der Waals surface area contributed by atoms with Crippen molar-refractivity contribution in [3.05, 3.63) is 12.7 Å². The second-order valence-corrected chi connectivity index (χ2v) is 5.21. The Bertz CT molecular complexity index is 275. The lowest BCUT2D eigenvalue weighted by molar-refractivity contribution is -0.909. The minimum absolute atomic E-state index is 0.0495. The number of carboxylic acids is 1. The highest BCUT2D eigenvalue weighted by Gasteiger charge is 2.27. The first kappa shape index (κ1) is 20.1. The third kappa shape index (κ3) is 10.5. The number of likely N-dealkylation sites (N-methyl/N-ethyl adjacent to an activating group) is 1. The largest absolute Gasteiger partial charge is 0.550 e. The number of carbonyl (C=O) groups is 1. The maximum Gasteiger partial charge on any atom is 0.0971 e. The molecule has 0 amide bonds. The maximum absolute atomic E-state index is 9.87. The molecule has 0 aliphatic carbocycles. The molecule has 0 radical (unpaired) electrons. The summed E-state index contributed by atoms with van der Waals surface area (Å²) in [6.45, 7) is 15.0. The van der Waals surface area contributed by atoms with Crippen LogP contribution in [0.4, 0.5) is 0 Å². The molecule has 0 atom stereocenters. The lowest BCUT2D eigenvalue weighted by atomic mass is 10.4. The van der Waals surface area contributed by atoms with Crippen molar-refractivity contribution in [1.29, 1.82) is 0 Å². The minimum Gasteiger partial charge on any atom is -0.550 e. The number of aliphatic carboxylic acids is 1. The highest BCUT2D eigenvalue weighted by atomic mass is 16.5. The fourth-order valence-corrected chi connectivity index (χ4v) is 2.43. The van der Waals surface area contributed by atoms with Crippen LogP contribution in [0.25, 0.3) is 0 Å². The molecule has 1 saturated heterocycles. The van der Waals surface area contributed by atoms with Crippen LogP contribution in [0.1, 0.15) is 33.1 Å². The number of hydrogen-bond acceptors (Lipinski definition) is 4. The number of hydrogen-bond donors (Lipinski definition) is 0. The summed E-state index contributed by atoms with van der Waals surface area (Å²) in [5, 5.41) is 9.87. The molecule has 0 unspecified atom stereocenters. The average Bonchev–Trinajstić information content (AvgIpc) is 2.93. The molecule has 0 aromatic heterocycles. The van der Waals surface area contributed by atoms with E-state index in [1.165, 1.54) is 43.5 Å². The number of ether oxygens (including phenoxy) is 2. The van der Waals surface area contributed by atoms with Gasteiger partial charge in [0.25, 0.3) is 0 Å². The number of rotatable bonds is 10. The van der Waals surface area contributed by atoms with Gasteiger partial charge in [-0.1, -0.05) is 6.58 Å². The van der Waals surface area contributed by atoms with Gasteiger partial charge in [-0.25, -0.2) is 0 Å². The first-order chi connectivity index (χ1) is 10.1. The van der Waals surface area contributed by atoms with E-state index in [2.05, 4.69) is 19.6 Å². The van der Waals surface area contributed by atoms with Crippen molar-refractivity contribution in [2.75, 3.05) is 52.6 Å². The molecule has 1 heterocycles. The molecule has 124 valence electrons. The van der Waals surface area contributed by atoms with E-state index in [9.17, 15) is 9.90 Å². The topological polar surface area (TPSA) is 58.6 Å². The van der Waals surface area contributed by atoms with Crippen LogP contribution in [0, 0.1) is 0 Å². The summed E-state index contributed by atoms with van der Waals surface area (Å²) >= 11 is 0. The van der Waals surface area contributed by atoms with E-state index < -0.39 is 5.97 Å². The van der Waals surface area contributed by atoms with Crippen LogP contribution < -0.4 is 5.11 Å². The molecule has 1 fully saturated rings. The monoisotopic (exact) mass is 301 g/mol. The zero-order chi connectivity index (χ0) is 16.0. The predicted molar refractivity (Wildman–Crippen MR) is 81.8 cm³/mol. The minimum atomic E-state index is -1.08. The third-order valence-electron chi connectivity index (χ3n) is 3.73. The van der Waals surface area contributed by atoms with Crippen molar-refractivity contribution >= 4 is 5.97 Å². The van der Waals surface area contributed by atoms with E-state index in [4.69, 9.17) is 9.47 Å². The van der Waals surface area contributed by atoms with Gasteiger partial charge >= 0.3 is 0 Å². The van der Waals surface area contributed by atoms with Gasteiger partial charge in [-0.05, 0) is 19.9 Å². The van der Waals surface area contributed by atoms with Crippen LogP contribution in [0.3, 0.4) is 0 Å².